The highest BCUT2D eigenvalue weighted by Gasteiger charge is 2.09. The number of ether oxygens (including phenoxy) is 1. The molecule has 0 aliphatic rings. The first kappa shape index (κ1) is 15.6. The monoisotopic (exact) mass is 310 g/mol. The van der Waals surface area contributed by atoms with Crippen molar-refractivity contribution in [3.8, 4) is 5.75 Å². The molecule has 0 spiro atoms. The van der Waals surface area contributed by atoms with Crippen molar-refractivity contribution in [1.29, 1.82) is 0 Å². The maximum Gasteiger partial charge on any atom is 0.135 e. The minimum atomic E-state index is -0.0492. The highest BCUT2D eigenvalue weighted by molar-refractivity contribution is 5.75. The highest BCUT2D eigenvalue weighted by atomic mass is 16.5. The Labute approximate surface area is 136 Å². The van der Waals surface area contributed by atoms with E-state index in [1.807, 2.05) is 30.3 Å². The summed E-state index contributed by atoms with van der Waals surface area (Å²) in [7, 11) is 0. The number of aliphatic hydroxyl groups is 1. The van der Waals surface area contributed by atoms with Crippen LogP contribution in [-0.4, -0.2) is 21.3 Å². The molecule has 3 rings (SSSR count). The number of aromatic nitrogens is 2. The van der Waals surface area contributed by atoms with Crippen molar-refractivity contribution in [1.82, 2.24) is 9.55 Å². The lowest BCUT2D eigenvalue weighted by molar-refractivity contribution is 0.260. The summed E-state index contributed by atoms with van der Waals surface area (Å²) in [5, 5.41) is 9.51. The van der Waals surface area contributed by atoms with Gasteiger partial charge in [0, 0.05) is 6.54 Å². The van der Waals surface area contributed by atoms with E-state index in [2.05, 4.69) is 35.5 Å². The first-order valence-electron chi connectivity index (χ1n) is 7.94. The molecule has 0 saturated carbocycles. The second kappa shape index (κ2) is 6.84. The molecule has 3 aromatic rings. The third-order valence-electron chi connectivity index (χ3n) is 4.06. The standard InChI is InChI=1S/C19H22N2O2/c1-14-7-5-8-15(2)19(14)23-12-6-11-21-17-10-4-3-9-16(17)20-18(21)13-22/h3-5,7-10,22H,6,11-13H2,1-2H3. The molecule has 0 radical (unpaired) electrons. The zero-order valence-corrected chi connectivity index (χ0v) is 13.6. The quantitative estimate of drug-likeness (QED) is 0.707. The predicted octanol–water partition coefficient (Wildman–Crippen LogP) is 3.61. The molecule has 120 valence electrons. The van der Waals surface area contributed by atoms with Gasteiger partial charge in [0.2, 0.25) is 0 Å². The zero-order chi connectivity index (χ0) is 16.2. The Morgan fingerprint density at radius 2 is 1.78 bits per heavy atom. The molecule has 1 aromatic heterocycles. The van der Waals surface area contributed by atoms with Crippen molar-refractivity contribution in [3.63, 3.8) is 0 Å². The predicted molar refractivity (Wildman–Crippen MR) is 91.7 cm³/mol. The molecule has 23 heavy (non-hydrogen) atoms. The van der Waals surface area contributed by atoms with Crippen LogP contribution in [0, 0.1) is 13.8 Å². The summed E-state index contributed by atoms with van der Waals surface area (Å²) in [6.45, 7) is 5.50. The summed E-state index contributed by atoms with van der Waals surface area (Å²) < 4.78 is 8.03. The Morgan fingerprint density at radius 3 is 2.52 bits per heavy atom. The molecule has 0 unspecified atom stereocenters. The topological polar surface area (TPSA) is 47.3 Å². The molecule has 0 amide bonds. The van der Waals surface area contributed by atoms with E-state index >= 15 is 0 Å². The van der Waals surface area contributed by atoms with E-state index in [4.69, 9.17) is 4.74 Å². The molecule has 2 aromatic carbocycles. The number of benzene rings is 2. The van der Waals surface area contributed by atoms with Crippen LogP contribution < -0.4 is 4.74 Å². The largest absolute Gasteiger partial charge is 0.493 e. The Balaban J connectivity index is 1.67. The van der Waals surface area contributed by atoms with Gasteiger partial charge in [-0.05, 0) is 43.5 Å². The normalized spacial score (nSPS) is 11.1. The van der Waals surface area contributed by atoms with Gasteiger partial charge in [-0.3, -0.25) is 0 Å². The maximum atomic E-state index is 9.51. The smallest absolute Gasteiger partial charge is 0.135 e. The fraction of sp³-hybridized carbons (Fsp3) is 0.316. The van der Waals surface area contributed by atoms with Crippen LogP contribution in [0.4, 0.5) is 0 Å². The molecule has 0 saturated heterocycles. The summed E-state index contributed by atoms with van der Waals surface area (Å²) >= 11 is 0. The van der Waals surface area contributed by atoms with Crippen LogP contribution in [0.3, 0.4) is 0 Å². The van der Waals surface area contributed by atoms with E-state index in [0.29, 0.717) is 12.4 Å². The maximum absolute atomic E-state index is 9.51. The molecule has 1 N–H and O–H groups in total. The second-order valence-corrected chi connectivity index (χ2v) is 5.75. The Bertz CT molecular complexity index is 788. The average Bonchev–Trinajstić information content (AvgIpc) is 2.91. The number of aliphatic hydroxyl groups excluding tert-OH is 1. The molecule has 0 aliphatic carbocycles. The van der Waals surface area contributed by atoms with Crippen molar-refractivity contribution in [2.45, 2.75) is 33.4 Å². The third-order valence-corrected chi connectivity index (χ3v) is 4.06. The lowest BCUT2D eigenvalue weighted by Gasteiger charge is -2.13. The van der Waals surface area contributed by atoms with Crippen LogP contribution in [0.2, 0.25) is 0 Å². The van der Waals surface area contributed by atoms with Gasteiger partial charge in [-0.2, -0.15) is 0 Å². The van der Waals surface area contributed by atoms with Gasteiger partial charge in [-0.25, -0.2) is 4.98 Å². The van der Waals surface area contributed by atoms with Crippen molar-refractivity contribution in [3.05, 3.63) is 59.4 Å². The van der Waals surface area contributed by atoms with Crippen LogP contribution in [-0.2, 0) is 13.2 Å². The molecule has 4 nitrogen and oxygen atoms in total. The summed E-state index contributed by atoms with van der Waals surface area (Å²) in [5.41, 5.74) is 4.30. The molecular weight excluding hydrogens is 288 g/mol. The Hall–Kier alpha value is -2.33. The number of nitrogens with zero attached hydrogens (tertiary/aromatic N) is 2. The van der Waals surface area contributed by atoms with Gasteiger partial charge in [0.1, 0.15) is 18.2 Å². The molecule has 0 bridgehead atoms. The number of hydrogen-bond donors (Lipinski definition) is 1. The van der Waals surface area contributed by atoms with Gasteiger partial charge in [0.15, 0.2) is 0 Å². The lowest BCUT2D eigenvalue weighted by Crippen LogP contribution is -2.08. The van der Waals surface area contributed by atoms with Gasteiger partial charge in [-0.15, -0.1) is 0 Å². The van der Waals surface area contributed by atoms with Crippen LogP contribution in [0.15, 0.2) is 42.5 Å². The summed E-state index contributed by atoms with van der Waals surface area (Å²) in [6.07, 6.45) is 0.862. The molecular formula is C19H22N2O2. The highest BCUT2D eigenvalue weighted by Crippen LogP contribution is 2.22. The molecule has 4 heteroatoms. The first-order valence-corrected chi connectivity index (χ1v) is 7.94. The van der Waals surface area contributed by atoms with Gasteiger partial charge in [-0.1, -0.05) is 30.3 Å². The van der Waals surface area contributed by atoms with Crippen molar-refractivity contribution in [2.75, 3.05) is 6.61 Å². The van der Waals surface area contributed by atoms with E-state index in [9.17, 15) is 5.11 Å². The number of hydrogen-bond acceptors (Lipinski definition) is 3. The lowest BCUT2D eigenvalue weighted by atomic mass is 10.1. The molecule has 0 atom stereocenters. The average molecular weight is 310 g/mol. The van der Waals surface area contributed by atoms with Crippen molar-refractivity contribution < 1.29 is 9.84 Å². The number of para-hydroxylation sites is 3. The van der Waals surface area contributed by atoms with E-state index < -0.39 is 0 Å². The minimum Gasteiger partial charge on any atom is -0.493 e. The van der Waals surface area contributed by atoms with E-state index in [-0.39, 0.29) is 6.61 Å². The van der Waals surface area contributed by atoms with Crippen LogP contribution >= 0.6 is 0 Å². The Morgan fingerprint density at radius 1 is 1.04 bits per heavy atom. The Kier molecular flexibility index (Phi) is 4.63. The fourth-order valence-electron chi connectivity index (χ4n) is 2.92. The van der Waals surface area contributed by atoms with Gasteiger partial charge in [0.05, 0.1) is 17.6 Å². The van der Waals surface area contributed by atoms with Crippen LogP contribution in [0.5, 0.6) is 5.75 Å². The molecule has 0 aliphatic heterocycles. The zero-order valence-electron chi connectivity index (χ0n) is 13.6. The number of aryl methyl sites for hydroxylation is 3. The van der Waals surface area contributed by atoms with Crippen molar-refractivity contribution >= 4 is 11.0 Å². The molecule has 0 fully saturated rings. The number of imidazole rings is 1. The minimum absolute atomic E-state index is 0.0492. The van der Waals surface area contributed by atoms with Gasteiger partial charge < -0.3 is 14.4 Å². The summed E-state index contributed by atoms with van der Waals surface area (Å²) in [5.74, 6) is 1.68. The molecule has 1 heterocycles. The van der Waals surface area contributed by atoms with Gasteiger partial charge >= 0.3 is 0 Å². The number of fused-ring (bicyclic) bond motifs is 1. The fourth-order valence-corrected chi connectivity index (χ4v) is 2.92. The van der Waals surface area contributed by atoms with E-state index in [1.165, 1.54) is 0 Å². The third kappa shape index (κ3) is 3.22. The SMILES string of the molecule is Cc1cccc(C)c1OCCCn1c(CO)nc2ccccc21. The van der Waals surface area contributed by atoms with Crippen molar-refractivity contribution in [2.24, 2.45) is 0 Å². The summed E-state index contributed by atoms with van der Waals surface area (Å²) in [6, 6.07) is 14.1. The van der Waals surface area contributed by atoms with E-state index in [1.54, 1.807) is 0 Å². The summed E-state index contributed by atoms with van der Waals surface area (Å²) in [4.78, 5) is 4.47. The first-order chi connectivity index (χ1) is 11.2. The van der Waals surface area contributed by atoms with E-state index in [0.717, 1.165) is 40.9 Å². The van der Waals surface area contributed by atoms with Gasteiger partial charge in [0.25, 0.3) is 0 Å². The van der Waals surface area contributed by atoms with Crippen LogP contribution in [0.25, 0.3) is 11.0 Å². The number of rotatable bonds is 6. The van der Waals surface area contributed by atoms with Crippen LogP contribution in [0.1, 0.15) is 23.4 Å². The second-order valence-electron chi connectivity index (χ2n) is 5.75.